The highest BCUT2D eigenvalue weighted by molar-refractivity contribution is 5.91. The van der Waals surface area contributed by atoms with E-state index in [1.807, 2.05) is 59.5 Å². The van der Waals surface area contributed by atoms with Crippen LogP contribution in [0.3, 0.4) is 0 Å². The summed E-state index contributed by atoms with van der Waals surface area (Å²) < 4.78 is 2.18. The van der Waals surface area contributed by atoms with E-state index < -0.39 is 0 Å². The van der Waals surface area contributed by atoms with Crippen molar-refractivity contribution in [2.75, 3.05) is 19.6 Å². The van der Waals surface area contributed by atoms with Gasteiger partial charge in [-0.05, 0) is 43.0 Å². The molecule has 0 radical (unpaired) electrons. The molecule has 1 fully saturated rings. The summed E-state index contributed by atoms with van der Waals surface area (Å²) in [6, 6.07) is 17.9. The van der Waals surface area contributed by atoms with Crippen molar-refractivity contribution in [2.45, 2.75) is 51.5 Å². The van der Waals surface area contributed by atoms with Gasteiger partial charge in [-0.15, -0.1) is 0 Å². The molecule has 1 aromatic heterocycles. The Hall–Kier alpha value is -3.41. The van der Waals surface area contributed by atoms with E-state index >= 15 is 0 Å². The first-order valence-electron chi connectivity index (χ1n) is 12.4. The van der Waals surface area contributed by atoms with Crippen molar-refractivity contribution >= 4 is 28.9 Å². The summed E-state index contributed by atoms with van der Waals surface area (Å²) in [7, 11) is 0. The Morgan fingerprint density at radius 1 is 0.941 bits per heavy atom. The van der Waals surface area contributed by atoms with E-state index in [4.69, 9.17) is 4.98 Å². The number of carbonyl (C=O) groups excluding carboxylic acids is 2. The number of amides is 2. The van der Waals surface area contributed by atoms with Gasteiger partial charge in [0.1, 0.15) is 5.82 Å². The van der Waals surface area contributed by atoms with E-state index in [9.17, 15) is 9.59 Å². The number of rotatable bonds is 9. The third-order valence-corrected chi connectivity index (χ3v) is 6.34. The molecule has 1 aliphatic heterocycles. The molecule has 6 nitrogen and oxygen atoms in total. The van der Waals surface area contributed by atoms with Crippen LogP contribution in [0, 0.1) is 0 Å². The lowest BCUT2D eigenvalue weighted by molar-refractivity contribution is -0.131. The molecule has 6 heteroatoms. The Kier molecular flexibility index (Phi) is 8.49. The van der Waals surface area contributed by atoms with Crippen LogP contribution < -0.4 is 5.32 Å². The van der Waals surface area contributed by atoms with Crippen molar-refractivity contribution in [1.82, 2.24) is 19.8 Å². The Bertz CT molecular complexity index is 1110. The predicted octanol–water partition coefficient (Wildman–Crippen LogP) is 4.59. The number of carbonyl (C=O) groups is 2. The average Bonchev–Trinajstić information content (AvgIpc) is 3.01. The Morgan fingerprint density at radius 2 is 1.68 bits per heavy atom. The zero-order valence-electron chi connectivity index (χ0n) is 19.8. The van der Waals surface area contributed by atoms with Crippen molar-refractivity contribution in [2.24, 2.45) is 0 Å². The van der Waals surface area contributed by atoms with Gasteiger partial charge in [-0.1, -0.05) is 55.3 Å². The van der Waals surface area contributed by atoms with Crippen molar-refractivity contribution in [1.29, 1.82) is 0 Å². The van der Waals surface area contributed by atoms with Crippen LogP contribution in [0.5, 0.6) is 0 Å². The van der Waals surface area contributed by atoms with Gasteiger partial charge in [0.15, 0.2) is 0 Å². The Morgan fingerprint density at radius 3 is 2.47 bits per heavy atom. The summed E-state index contributed by atoms with van der Waals surface area (Å²) >= 11 is 0. The molecule has 34 heavy (non-hydrogen) atoms. The van der Waals surface area contributed by atoms with Crippen molar-refractivity contribution in [3.05, 3.63) is 72.1 Å². The van der Waals surface area contributed by atoms with Crippen molar-refractivity contribution in [3.8, 4) is 0 Å². The monoisotopic (exact) mass is 458 g/mol. The Balaban J connectivity index is 1.32. The molecule has 1 saturated heterocycles. The van der Waals surface area contributed by atoms with E-state index in [1.54, 1.807) is 6.08 Å². The molecular weight excluding hydrogens is 424 g/mol. The molecule has 1 aliphatic rings. The highest BCUT2D eigenvalue weighted by atomic mass is 16.2. The SMILES string of the molecule is O=C(/C=C\c1ccccc1)NCCCc1nc2ccccc2n1CCC(=O)N1CCCCCC1. The molecule has 0 aliphatic carbocycles. The number of fused-ring (bicyclic) bond motifs is 1. The number of para-hydroxylation sites is 2. The molecule has 0 bridgehead atoms. The maximum absolute atomic E-state index is 12.8. The van der Waals surface area contributed by atoms with E-state index in [0.29, 0.717) is 19.5 Å². The molecule has 0 spiro atoms. The van der Waals surface area contributed by atoms with Crippen LogP contribution in [-0.4, -0.2) is 45.9 Å². The van der Waals surface area contributed by atoms with Crippen molar-refractivity contribution in [3.63, 3.8) is 0 Å². The molecule has 178 valence electrons. The van der Waals surface area contributed by atoms with Gasteiger partial charge in [0.25, 0.3) is 0 Å². The van der Waals surface area contributed by atoms with Crippen LogP contribution in [0.2, 0.25) is 0 Å². The predicted molar refractivity (Wildman–Crippen MR) is 136 cm³/mol. The maximum Gasteiger partial charge on any atom is 0.243 e. The van der Waals surface area contributed by atoms with Crippen LogP contribution in [0.1, 0.15) is 49.9 Å². The second kappa shape index (κ2) is 12.2. The summed E-state index contributed by atoms with van der Waals surface area (Å²) in [5.41, 5.74) is 3.02. The number of nitrogens with zero attached hydrogens (tertiary/aromatic N) is 3. The van der Waals surface area contributed by atoms with Gasteiger partial charge in [0.2, 0.25) is 11.8 Å². The number of aryl methyl sites for hydroxylation is 2. The molecule has 1 N–H and O–H groups in total. The summed E-state index contributed by atoms with van der Waals surface area (Å²) in [5, 5.41) is 2.95. The fourth-order valence-corrected chi connectivity index (χ4v) is 4.50. The van der Waals surface area contributed by atoms with Gasteiger partial charge >= 0.3 is 0 Å². The zero-order valence-corrected chi connectivity index (χ0v) is 19.8. The number of benzene rings is 2. The molecule has 0 unspecified atom stereocenters. The summed E-state index contributed by atoms with van der Waals surface area (Å²) in [6.45, 7) is 2.98. The molecule has 3 aromatic rings. The lowest BCUT2D eigenvalue weighted by atomic mass is 10.2. The smallest absolute Gasteiger partial charge is 0.243 e. The number of hydrogen-bond acceptors (Lipinski definition) is 3. The highest BCUT2D eigenvalue weighted by Gasteiger charge is 2.17. The second-order valence-corrected chi connectivity index (χ2v) is 8.85. The fourth-order valence-electron chi connectivity index (χ4n) is 4.50. The minimum Gasteiger partial charge on any atom is -0.353 e. The number of aromatic nitrogens is 2. The van der Waals surface area contributed by atoms with E-state index in [0.717, 1.165) is 61.2 Å². The fraction of sp³-hybridized carbons (Fsp3) is 0.393. The Labute approximate surface area is 201 Å². The molecular formula is C28H34N4O2. The minimum atomic E-state index is -0.0968. The van der Waals surface area contributed by atoms with Gasteiger partial charge in [-0.2, -0.15) is 0 Å². The molecule has 0 atom stereocenters. The van der Waals surface area contributed by atoms with Gasteiger partial charge in [-0.25, -0.2) is 4.98 Å². The van der Waals surface area contributed by atoms with E-state index in [2.05, 4.69) is 16.0 Å². The largest absolute Gasteiger partial charge is 0.353 e. The van der Waals surface area contributed by atoms with Gasteiger partial charge < -0.3 is 14.8 Å². The van der Waals surface area contributed by atoms with Gasteiger partial charge in [0, 0.05) is 45.1 Å². The maximum atomic E-state index is 12.8. The average molecular weight is 459 g/mol. The van der Waals surface area contributed by atoms with Gasteiger partial charge in [-0.3, -0.25) is 9.59 Å². The highest BCUT2D eigenvalue weighted by Crippen LogP contribution is 2.19. The van der Waals surface area contributed by atoms with E-state index in [1.165, 1.54) is 12.8 Å². The van der Waals surface area contributed by atoms with Crippen molar-refractivity contribution < 1.29 is 9.59 Å². The second-order valence-electron chi connectivity index (χ2n) is 8.85. The first-order chi connectivity index (χ1) is 16.7. The van der Waals surface area contributed by atoms with Crippen LogP contribution in [0.25, 0.3) is 17.1 Å². The minimum absolute atomic E-state index is 0.0968. The first-order valence-corrected chi connectivity index (χ1v) is 12.4. The molecule has 2 heterocycles. The van der Waals surface area contributed by atoms with Crippen LogP contribution in [0.15, 0.2) is 60.7 Å². The van der Waals surface area contributed by atoms with Gasteiger partial charge in [0.05, 0.1) is 11.0 Å². The third kappa shape index (κ3) is 6.56. The standard InChI is InChI=1S/C28H34N4O2/c33-27(17-16-23-11-4-3-5-12-23)29-19-10-15-26-30-24-13-6-7-14-25(24)32(26)22-18-28(34)31-20-8-1-2-9-21-31/h3-7,11-14,16-17H,1-2,8-10,15,18-22H2,(H,29,33)/b17-16-. The molecule has 2 amide bonds. The normalized spacial score (nSPS) is 14.4. The topological polar surface area (TPSA) is 67.2 Å². The quantitative estimate of drug-likeness (QED) is 0.377. The number of hydrogen-bond donors (Lipinski definition) is 1. The number of imidazole rings is 1. The lowest BCUT2D eigenvalue weighted by Crippen LogP contribution is -2.32. The van der Waals surface area contributed by atoms with Crippen LogP contribution in [0.4, 0.5) is 0 Å². The first kappa shape index (κ1) is 23.7. The summed E-state index contributed by atoms with van der Waals surface area (Å²) in [6.07, 6.45) is 10.1. The molecule has 4 rings (SSSR count). The van der Waals surface area contributed by atoms with Crippen LogP contribution in [-0.2, 0) is 22.6 Å². The molecule has 2 aromatic carbocycles. The lowest BCUT2D eigenvalue weighted by Gasteiger charge is -2.20. The third-order valence-electron chi connectivity index (χ3n) is 6.34. The zero-order chi connectivity index (χ0) is 23.6. The summed E-state index contributed by atoms with van der Waals surface area (Å²) in [4.78, 5) is 31.8. The number of nitrogens with one attached hydrogen (secondary N) is 1. The van der Waals surface area contributed by atoms with Crippen LogP contribution >= 0.6 is 0 Å². The summed E-state index contributed by atoms with van der Waals surface area (Å²) in [5.74, 6) is 1.11. The number of likely N-dealkylation sites (tertiary alicyclic amines) is 1. The van der Waals surface area contributed by atoms with E-state index in [-0.39, 0.29) is 11.8 Å². The molecule has 0 saturated carbocycles.